The highest BCUT2D eigenvalue weighted by Gasteiger charge is 1.88. The number of aliphatic hydroxyl groups is 1. The molecule has 42 valence electrons. The lowest BCUT2D eigenvalue weighted by Crippen LogP contribution is -1.92. The number of rotatable bonds is 1. The summed E-state index contributed by atoms with van der Waals surface area (Å²) in [6.45, 7) is 3.09. The van der Waals surface area contributed by atoms with Crippen LogP contribution in [0.2, 0.25) is 0 Å². The molecular weight excluding hydrogens is 108 g/mol. The third-order valence-electron chi connectivity index (χ3n) is 0.348. The molecule has 0 radical (unpaired) electrons. The van der Waals surface area contributed by atoms with E-state index in [0.29, 0.717) is 0 Å². The summed E-state index contributed by atoms with van der Waals surface area (Å²) in [5.41, 5.74) is 0. The maximum absolute atomic E-state index is 10.0. The normalized spacial score (nSPS) is 6.00. The van der Waals surface area contributed by atoms with E-state index in [1.165, 1.54) is 6.11 Å². The van der Waals surface area contributed by atoms with E-state index >= 15 is 0 Å². The molecular formula is C5H4O3. The van der Waals surface area contributed by atoms with Gasteiger partial charge in [-0.1, -0.05) is 6.58 Å². The minimum Gasteiger partial charge on any atom is -0.462 e. The number of hydrogen-bond donors (Lipinski definition) is 1. The fourth-order valence-electron chi connectivity index (χ4n) is 0.151. The van der Waals surface area contributed by atoms with Crippen LogP contribution in [0.4, 0.5) is 0 Å². The van der Waals surface area contributed by atoms with Crippen molar-refractivity contribution in [3.05, 3.63) is 12.8 Å². The smallest absolute Gasteiger partial charge is 0.392 e. The Balaban J connectivity index is 3.60. The van der Waals surface area contributed by atoms with E-state index in [0.717, 1.165) is 6.26 Å². The van der Waals surface area contributed by atoms with Crippen LogP contribution in [0.25, 0.3) is 0 Å². The molecule has 0 amide bonds. The molecule has 0 aromatic heterocycles. The predicted octanol–water partition coefficient (Wildman–Crippen LogP) is 0.00650. The minimum atomic E-state index is -0.817. The third kappa shape index (κ3) is 2.79. The largest absolute Gasteiger partial charge is 0.462 e. The van der Waals surface area contributed by atoms with Crippen LogP contribution < -0.4 is 0 Å². The molecule has 3 heteroatoms. The quantitative estimate of drug-likeness (QED) is 0.295. The molecule has 0 fully saturated rings. The number of carbonyl (C=O) groups excluding carboxylic acids is 1. The van der Waals surface area contributed by atoms with E-state index in [-0.39, 0.29) is 0 Å². The maximum atomic E-state index is 10.0. The van der Waals surface area contributed by atoms with Gasteiger partial charge in [0.25, 0.3) is 0 Å². The van der Waals surface area contributed by atoms with Gasteiger partial charge in [0.15, 0.2) is 0 Å². The van der Waals surface area contributed by atoms with Crippen LogP contribution >= 0.6 is 0 Å². The molecule has 0 aromatic rings. The topological polar surface area (TPSA) is 46.5 Å². The SMILES string of the molecule is C=COC(=O)C#CO. The minimum absolute atomic E-state index is 0.817. The van der Waals surface area contributed by atoms with Crippen LogP contribution in [-0.2, 0) is 9.53 Å². The molecule has 0 aromatic carbocycles. The Morgan fingerprint density at radius 1 is 1.88 bits per heavy atom. The van der Waals surface area contributed by atoms with Crippen molar-refractivity contribution in [3.63, 3.8) is 0 Å². The Labute approximate surface area is 46.6 Å². The zero-order valence-corrected chi connectivity index (χ0v) is 4.05. The summed E-state index contributed by atoms with van der Waals surface area (Å²) >= 11 is 0. The van der Waals surface area contributed by atoms with Crippen LogP contribution in [0.5, 0.6) is 0 Å². The van der Waals surface area contributed by atoms with Crippen LogP contribution in [0.15, 0.2) is 12.8 Å². The molecule has 0 saturated heterocycles. The molecule has 0 bridgehead atoms. The first-order chi connectivity index (χ1) is 3.81. The van der Waals surface area contributed by atoms with Gasteiger partial charge in [-0.25, -0.2) is 4.79 Å². The second kappa shape index (κ2) is 3.75. The molecule has 0 aliphatic rings. The van der Waals surface area contributed by atoms with E-state index in [1.54, 1.807) is 5.92 Å². The van der Waals surface area contributed by atoms with Gasteiger partial charge in [-0.15, -0.1) is 0 Å². The predicted molar refractivity (Wildman–Crippen MR) is 26.0 cm³/mol. The second-order valence-corrected chi connectivity index (χ2v) is 0.809. The number of esters is 1. The van der Waals surface area contributed by atoms with Crippen LogP contribution in [0.3, 0.4) is 0 Å². The van der Waals surface area contributed by atoms with Crippen LogP contribution in [0, 0.1) is 12.0 Å². The summed E-state index contributed by atoms with van der Waals surface area (Å²) in [7, 11) is 0. The van der Waals surface area contributed by atoms with Gasteiger partial charge in [-0.2, -0.15) is 0 Å². The fourth-order valence-corrected chi connectivity index (χ4v) is 0.151. The molecule has 0 atom stereocenters. The molecule has 0 spiro atoms. The maximum Gasteiger partial charge on any atom is 0.392 e. The van der Waals surface area contributed by atoms with Gasteiger partial charge in [-0.3, -0.25) is 0 Å². The average molecular weight is 112 g/mol. The van der Waals surface area contributed by atoms with Crippen molar-refractivity contribution in [3.8, 4) is 12.0 Å². The van der Waals surface area contributed by atoms with Gasteiger partial charge in [0.2, 0.25) is 0 Å². The lowest BCUT2D eigenvalue weighted by atomic mass is 10.7. The summed E-state index contributed by atoms with van der Waals surface area (Å²) in [4.78, 5) is 10.0. The van der Waals surface area contributed by atoms with Crippen LogP contribution in [0.1, 0.15) is 0 Å². The first-order valence-corrected chi connectivity index (χ1v) is 1.78. The molecule has 1 N–H and O–H groups in total. The third-order valence-corrected chi connectivity index (χ3v) is 0.348. The summed E-state index contributed by atoms with van der Waals surface area (Å²) in [5, 5.41) is 7.77. The van der Waals surface area contributed by atoms with E-state index in [2.05, 4.69) is 11.3 Å². The van der Waals surface area contributed by atoms with Crippen molar-refractivity contribution < 1.29 is 14.6 Å². The molecule has 0 heterocycles. The average Bonchev–Trinajstić information content (AvgIpc) is 1.68. The van der Waals surface area contributed by atoms with Crippen molar-refractivity contribution >= 4 is 5.97 Å². The van der Waals surface area contributed by atoms with Gasteiger partial charge >= 0.3 is 5.97 Å². The zero-order chi connectivity index (χ0) is 6.41. The molecule has 0 saturated carbocycles. The van der Waals surface area contributed by atoms with E-state index in [9.17, 15) is 4.79 Å². The van der Waals surface area contributed by atoms with Gasteiger partial charge < -0.3 is 9.84 Å². The van der Waals surface area contributed by atoms with Crippen molar-refractivity contribution in [2.24, 2.45) is 0 Å². The molecule has 8 heavy (non-hydrogen) atoms. The Morgan fingerprint density at radius 3 is 2.88 bits per heavy atom. The Hall–Kier alpha value is -1.43. The Morgan fingerprint density at radius 2 is 2.50 bits per heavy atom. The molecule has 0 aliphatic heterocycles. The standard InChI is InChI=1S/C5H4O3/c1-2-8-5(7)3-4-6/h2,6H,1H2. The van der Waals surface area contributed by atoms with Gasteiger partial charge in [0.05, 0.1) is 12.2 Å². The van der Waals surface area contributed by atoms with Gasteiger partial charge in [0.1, 0.15) is 6.11 Å². The summed E-state index contributed by atoms with van der Waals surface area (Å²) in [6.07, 6.45) is 2.32. The van der Waals surface area contributed by atoms with Crippen molar-refractivity contribution in [1.29, 1.82) is 0 Å². The van der Waals surface area contributed by atoms with Crippen molar-refractivity contribution in [2.45, 2.75) is 0 Å². The van der Waals surface area contributed by atoms with Crippen molar-refractivity contribution in [1.82, 2.24) is 0 Å². The monoisotopic (exact) mass is 112 g/mol. The Bertz CT molecular complexity index is 149. The van der Waals surface area contributed by atoms with Crippen LogP contribution in [-0.4, -0.2) is 11.1 Å². The zero-order valence-electron chi connectivity index (χ0n) is 4.05. The van der Waals surface area contributed by atoms with Gasteiger partial charge in [0, 0.05) is 0 Å². The number of carbonyl (C=O) groups is 1. The first kappa shape index (κ1) is 6.57. The number of aliphatic hydroxyl groups excluding tert-OH is 1. The van der Waals surface area contributed by atoms with E-state index < -0.39 is 5.97 Å². The lowest BCUT2D eigenvalue weighted by Gasteiger charge is -1.82. The molecule has 0 rings (SSSR count). The van der Waals surface area contributed by atoms with Crippen molar-refractivity contribution in [2.75, 3.05) is 0 Å². The van der Waals surface area contributed by atoms with E-state index in [1.807, 2.05) is 0 Å². The second-order valence-electron chi connectivity index (χ2n) is 0.809. The fraction of sp³-hybridized carbons (Fsp3) is 0. The Kier molecular flexibility index (Phi) is 3.08. The summed E-state index contributed by atoms with van der Waals surface area (Å²) in [6, 6.07) is 0. The molecule has 0 unspecified atom stereocenters. The molecule has 0 aliphatic carbocycles. The lowest BCUT2D eigenvalue weighted by molar-refractivity contribution is -0.131. The number of ether oxygens (including phenoxy) is 1. The summed E-state index contributed by atoms with van der Waals surface area (Å²) in [5.74, 6) is 0.902. The van der Waals surface area contributed by atoms with E-state index in [4.69, 9.17) is 5.11 Å². The highest BCUT2D eigenvalue weighted by molar-refractivity contribution is 5.88. The van der Waals surface area contributed by atoms with Gasteiger partial charge in [-0.05, 0) is 0 Å². The highest BCUT2D eigenvalue weighted by Crippen LogP contribution is 1.72. The highest BCUT2D eigenvalue weighted by atomic mass is 16.5. The first-order valence-electron chi connectivity index (χ1n) is 1.78. The molecule has 3 nitrogen and oxygen atoms in total. The number of hydrogen-bond acceptors (Lipinski definition) is 3. The summed E-state index contributed by atoms with van der Waals surface area (Å²) < 4.78 is 4.07.